The molecule has 82 valence electrons. The fourth-order valence-electron chi connectivity index (χ4n) is 1.44. The van der Waals surface area contributed by atoms with Gasteiger partial charge in [0.25, 0.3) is 0 Å². The molecule has 0 fully saturated rings. The maximum atomic E-state index is 9.02. The molecule has 0 amide bonds. The van der Waals surface area contributed by atoms with E-state index in [2.05, 4.69) is 16.5 Å². The number of halogens is 1. The van der Waals surface area contributed by atoms with Crippen LogP contribution < -0.4 is 5.32 Å². The first kappa shape index (κ1) is 12.0. The molecule has 4 nitrogen and oxygen atoms in total. The number of aromatic nitrogens is 2. The zero-order valence-electron chi connectivity index (χ0n) is 9.16. The molecule has 1 aromatic heterocycles. The van der Waals surface area contributed by atoms with E-state index in [0.29, 0.717) is 11.4 Å². The van der Waals surface area contributed by atoms with Crippen LogP contribution in [0, 0.1) is 11.3 Å². The zero-order valence-corrected chi connectivity index (χ0v) is 9.91. The van der Waals surface area contributed by atoms with Gasteiger partial charge in [0.2, 0.25) is 0 Å². The molecule has 0 spiro atoms. The van der Waals surface area contributed by atoms with Crippen LogP contribution in [0.3, 0.4) is 0 Å². The van der Waals surface area contributed by atoms with Crippen LogP contribution in [0.25, 0.3) is 0 Å². The first-order valence-electron chi connectivity index (χ1n) is 4.80. The Morgan fingerprint density at radius 2 is 2.47 bits per heavy atom. The lowest BCUT2D eigenvalue weighted by Crippen LogP contribution is -2.40. The fraction of sp³-hybridized carbons (Fsp3) is 0.600. The Morgan fingerprint density at radius 1 is 1.80 bits per heavy atom. The second kappa shape index (κ2) is 4.65. The van der Waals surface area contributed by atoms with Crippen molar-refractivity contribution in [2.75, 3.05) is 7.05 Å². The minimum Gasteiger partial charge on any atom is -0.303 e. The molecule has 1 N–H and O–H groups in total. The van der Waals surface area contributed by atoms with Crippen molar-refractivity contribution in [2.24, 2.45) is 0 Å². The Hall–Kier alpha value is -1.05. The van der Waals surface area contributed by atoms with Crippen molar-refractivity contribution in [2.45, 2.75) is 31.8 Å². The van der Waals surface area contributed by atoms with Crippen LogP contribution in [0.15, 0.2) is 12.4 Å². The third kappa shape index (κ3) is 2.95. The standard InChI is InChI=1S/C10H15ClN4/c1-8(4-10(2,7-12)13-3)15-6-9(11)5-14-15/h5-6,8,13H,4H2,1-3H3. The molecule has 0 saturated heterocycles. The molecule has 0 radical (unpaired) electrons. The fourth-order valence-corrected chi connectivity index (χ4v) is 1.59. The van der Waals surface area contributed by atoms with Gasteiger partial charge in [-0.2, -0.15) is 10.4 Å². The molecule has 0 bridgehead atoms. The van der Waals surface area contributed by atoms with E-state index in [-0.39, 0.29) is 6.04 Å². The van der Waals surface area contributed by atoms with E-state index in [1.165, 1.54) is 0 Å². The van der Waals surface area contributed by atoms with Crippen molar-refractivity contribution in [1.82, 2.24) is 15.1 Å². The van der Waals surface area contributed by atoms with Crippen molar-refractivity contribution >= 4 is 11.6 Å². The largest absolute Gasteiger partial charge is 0.303 e. The molecule has 1 rings (SSSR count). The highest BCUT2D eigenvalue weighted by atomic mass is 35.5. The summed E-state index contributed by atoms with van der Waals surface area (Å²) in [6.45, 7) is 3.88. The minimum atomic E-state index is -0.530. The highest BCUT2D eigenvalue weighted by Crippen LogP contribution is 2.20. The monoisotopic (exact) mass is 226 g/mol. The molecule has 0 aliphatic heterocycles. The normalized spacial score (nSPS) is 16.7. The second-order valence-corrected chi connectivity index (χ2v) is 4.32. The van der Waals surface area contributed by atoms with E-state index in [1.807, 2.05) is 13.8 Å². The molecular formula is C10H15ClN4. The van der Waals surface area contributed by atoms with Crippen LogP contribution in [0.5, 0.6) is 0 Å². The van der Waals surface area contributed by atoms with Crippen molar-refractivity contribution in [3.05, 3.63) is 17.4 Å². The average Bonchev–Trinajstić information content (AvgIpc) is 2.65. The summed E-state index contributed by atoms with van der Waals surface area (Å²) in [5.74, 6) is 0. The maximum Gasteiger partial charge on any atom is 0.105 e. The predicted molar refractivity (Wildman–Crippen MR) is 59.6 cm³/mol. The number of hydrogen-bond donors (Lipinski definition) is 1. The summed E-state index contributed by atoms with van der Waals surface area (Å²) in [6.07, 6.45) is 4.04. The third-order valence-corrected chi connectivity index (χ3v) is 2.72. The van der Waals surface area contributed by atoms with Gasteiger partial charge in [0, 0.05) is 12.6 Å². The molecule has 0 aliphatic carbocycles. The van der Waals surface area contributed by atoms with Crippen LogP contribution in [0.1, 0.15) is 26.3 Å². The molecule has 2 atom stereocenters. The minimum absolute atomic E-state index is 0.134. The summed E-state index contributed by atoms with van der Waals surface area (Å²) < 4.78 is 1.77. The maximum absolute atomic E-state index is 9.02. The molecule has 0 aliphatic rings. The lowest BCUT2D eigenvalue weighted by Gasteiger charge is -2.24. The van der Waals surface area contributed by atoms with E-state index in [0.717, 1.165) is 0 Å². The second-order valence-electron chi connectivity index (χ2n) is 3.89. The summed E-state index contributed by atoms with van der Waals surface area (Å²) in [7, 11) is 1.78. The van der Waals surface area contributed by atoms with Crippen LogP contribution in [-0.2, 0) is 0 Å². The van der Waals surface area contributed by atoms with Gasteiger partial charge in [-0.15, -0.1) is 0 Å². The van der Waals surface area contributed by atoms with Crippen molar-refractivity contribution in [1.29, 1.82) is 5.26 Å². The SMILES string of the molecule is CNC(C)(C#N)CC(C)n1cc(Cl)cn1. The average molecular weight is 227 g/mol. The van der Waals surface area contributed by atoms with E-state index in [9.17, 15) is 0 Å². The van der Waals surface area contributed by atoms with Crippen LogP contribution in [0.2, 0.25) is 5.02 Å². The number of nitrogens with zero attached hydrogens (tertiary/aromatic N) is 3. The number of rotatable bonds is 4. The lowest BCUT2D eigenvalue weighted by molar-refractivity contribution is 0.349. The number of nitrogens with one attached hydrogen (secondary N) is 1. The van der Waals surface area contributed by atoms with Gasteiger partial charge in [-0.25, -0.2) is 0 Å². The Morgan fingerprint density at radius 3 is 2.87 bits per heavy atom. The highest BCUT2D eigenvalue weighted by molar-refractivity contribution is 6.30. The van der Waals surface area contributed by atoms with Crippen LogP contribution >= 0.6 is 11.6 Å². The molecule has 0 saturated carbocycles. The summed E-state index contributed by atoms with van der Waals surface area (Å²) in [5, 5.41) is 16.8. The Labute approximate surface area is 94.8 Å². The summed E-state index contributed by atoms with van der Waals surface area (Å²) in [4.78, 5) is 0. The van der Waals surface area contributed by atoms with E-state index >= 15 is 0 Å². The summed E-state index contributed by atoms with van der Waals surface area (Å²) >= 11 is 5.78. The zero-order chi connectivity index (χ0) is 11.5. The smallest absolute Gasteiger partial charge is 0.105 e. The molecule has 15 heavy (non-hydrogen) atoms. The molecular weight excluding hydrogens is 212 g/mol. The van der Waals surface area contributed by atoms with Crippen molar-refractivity contribution < 1.29 is 0 Å². The highest BCUT2D eigenvalue weighted by Gasteiger charge is 2.25. The van der Waals surface area contributed by atoms with E-state index in [4.69, 9.17) is 16.9 Å². The quantitative estimate of drug-likeness (QED) is 0.854. The van der Waals surface area contributed by atoms with Crippen LogP contribution in [-0.4, -0.2) is 22.4 Å². The van der Waals surface area contributed by atoms with E-state index < -0.39 is 5.54 Å². The van der Waals surface area contributed by atoms with Gasteiger partial charge in [0.15, 0.2) is 0 Å². The molecule has 5 heteroatoms. The number of nitriles is 1. The summed E-state index contributed by atoms with van der Waals surface area (Å²) in [6, 6.07) is 2.38. The Kier molecular flexibility index (Phi) is 3.72. The Balaban J connectivity index is 2.71. The number of hydrogen-bond acceptors (Lipinski definition) is 3. The summed E-state index contributed by atoms with van der Waals surface area (Å²) in [5.41, 5.74) is -0.530. The van der Waals surface area contributed by atoms with Crippen LogP contribution in [0.4, 0.5) is 0 Å². The molecule has 1 heterocycles. The third-order valence-electron chi connectivity index (χ3n) is 2.52. The van der Waals surface area contributed by atoms with Crippen molar-refractivity contribution in [3.8, 4) is 6.07 Å². The lowest BCUT2D eigenvalue weighted by atomic mass is 9.96. The first-order chi connectivity index (χ1) is 7.00. The van der Waals surface area contributed by atoms with Gasteiger partial charge >= 0.3 is 0 Å². The van der Waals surface area contributed by atoms with Gasteiger partial charge < -0.3 is 5.32 Å². The molecule has 0 aromatic carbocycles. The van der Waals surface area contributed by atoms with Gasteiger partial charge in [-0.3, -0.25) is 4.68 Å². The topological polar surface area (TPSA) is 53.6 Å². The van der Waals surface area contributed by atoms with Gasteiger partial charge in [-0.1, -0.05) is 11.6 Å². The van der Waals surface area contributed by atoms with Gasteiger partial charge in [-0.05, 0) is 20.9 Å². The van der Waals surface area contributed by atoms with Crippen molar-refractivity contribution in [3.63, 3.8) is 0 Å². The predicted octanol–water partition coefficient (Wildman–Crippen LogP) is 1.99. The first-order valence-corrected chi connectivity index (χ1v) is 5.18. The molecule has 1 aromatic rings. The van der Waals surface area contributed by atoms with Gasteiger partial charge in [0.1, 0.15) is 5.54 Å². The molecule has 2 unspecified atom stereocenters. The van der Waals surface area contributed by atoms with E-state index in [1.54, 1.807) is 24.1 Å². The van der Waals surface area contributed by atoms with Gasteiger partial charge in [0.05, 0.1) is 23.3 Å². The Bertz CT molecular complexity index is 368.